The molecular formula is C24H29N3O3S. The van der Waals surface area contributed by atoms with Gasteiger partial charge in [0.05, 0.1) is 16.1 Å². The van der Waals surface area contributed by atoms with Crippen molar-refractivity contribution in [1.29, 1.82) is 0 Å². The molecule has 1 saturated heterocycles. The van der Waals surface area contributed by atoms with Crippen LogP contribution in [0.25, 0.3) is 0 Å². The zero-order valence-corrected chi connectivity index (χ0v) is 18.7. The van der Waals surface area contributed by atoms with Crippen LogP contribution in [0.1, 0.15) is 24.8 Å². The fraction of sp³-hybridized carbons (Fsp3) is 0.375. The van der Waals surface area contributed by atoms with Crippen molar-refractivity contribution in [3.63, 3.8) is 0 Å². The number of aromatic nitrogens is 2. The number of ether oxygens (including phenoxy) is 1. The average Bonchev–Trinajstić information content (AvgIpc) is 3.31. The molecule has 2 aromatic carbocycles. The van der Waals surface area contributed by atoms with Crippen LogP contribution in [0.5, 0.6) is 0 Å². The van der Waals surface area contributed by atoms with Gasteiger partial charge in [0, 0.05) is 50.4 Å². The Bertz CT molecular complexity index is 1060. The van der Waals surface area contributed by atoms with Crippen molar-refractivity contribution in [2.75, 3.05) is 24.7 Å². The van der Waals surface area contributed by atoms with Gasteiger partial charge >= 0.3 is 0 Å². The molecule has 0 spiro atoms. The highest BCUT2D eigenvalue weighted by atomic mass is 32.2. The lowest BCUT2D eigenvalue weighted by molar-refractivity contribution is 0.0843. The Labute approximate surface area is 184 Å². The van der Waals surface area contributed by atoms with E-state index in [1.807, 2.05) is 43.7 Å². The first-order valence-electron chi connectivity index (χ1n) is 10.8. The maximum absolute atomic E-state index is 13.0. The van der Waals surface area contributed by atoms with Crippen LogP contribution < -0.4 is 4.90 Å². The molecule has 1 fully saturated rings. The number of hydrogen-bond donors (Lipinski definition) is 0. The molecule has 1 aliphatic rings. The van der Waals surface area contributed by atoms with E-state index in [-0.39, 0.29) is 0 Å². The van der Waals surface area contributed by atoms with E-state index in [2.05, 4.69) is 14.5 Å². The summed E-state index contributed by atoms with van der Waals surface area (Å²) in [5.74, 6) is 0. The van der Waals surface area contributed by atoms with Gasteiger partial charge in [-0.15, -0.1) is 0 Å². The second kappa shape index (κ2) is 9.66. The third-order valence-electron chi connectivity index (χ3n) is 5.82. The van der Waals surface area contributed by atoms with Crippen molar-refractivity contribution < 1.29 is 13.2 Å². The summed E-state index contributed by atoms with van der Waals surface area (Å²) in [5.41, 5.74) is 2.09. The fourth-order valence-electron chi connectivity index (χ4n) is 4.03. The highest BCUT2D eigenvalue weighted by molar-refractivity contribution is 7.91. The van der Waals surface area contributed by atoms with Crippen molar-refractivity contribution in [2.24, 2.45) is 0 Å². The monoisotopic (exact) mass is 439 g/mol. The molecule has 164 valence electrons. The largest absolute Gasteiger partial charge is 0.381 e. The Morgan fingerprint density at radius 3 is 2.29 bits per heavy atom. The van der Waals surface area contributed by atoms with Crippen molar-refractivity contribution in [1.82, 2.24) is 9.55 Å². The van der Waals surface area contributed by atoms with Crippen molar-refractivity contribution in [2.45, 2.75) is 48.6 Å². The molecule has 7 heteroatoms. The fourth-order valence-corrected chi connectivity index (χ4v) is 5.29. The van der Waals surface area contributed by atoms with Gasteiger partial charge < -0.3 is 14.2 Å². The summed E-state index contributed by atoms with van der Waals surface area (Å²) in [6, 6.07) is 14.7. The second-order valence-corrected chi connectivity index (χ2v) is 9.95. The molecule has 2 heterocycles. The topological polar surface area (TPSA) is 64.4 Å². The Balaban J connectivity index is 1.52. The number of nitrogens with zero attached hydrogens (tertiary/aromatic N) is 3. The summed E-state index contributed by atoms with van der Waals surface area (Å²) in [6.45, 7) is 5.28. The molecule has 3 aromatic rings. The van der Waals surface area contributed by atoms with Crippen LogP contribution in [-0.2, 0) is 21.1 Å². The summed E-state index contributed by atoms with van der Waals surface area (Å²) >= 11 is 0. The van der Waals surface area contributed by atoms with E-state index in [0.717, 1.165) is 56.8 Å². The van der Waals surface area contributed by atoms with Gasteiger partial charge in [0.2, 0.25) is 9.84 Å². The summed E-state index contributed by atoms with van der Waals surface area (Å²) < 4.78 is 33.6. The Morgan fingerprint density at radius 1 is 1.03 bits per heavy atom. The molecule has 0 bridgehead atoms. The first-order chi connectivity index (χ1) is 15.0. The molecule has 6 nitrogen and oxygen atoms in total. The van der Waals surface area contributed by atoms with Gasteiger partial charge in [0.15, 0.2) is 0 Å². The zero-order chi connectivity index (χ0) is 21.7. The quantitative estimate of drug-likeness (QED) is 0.529. The maximum atomic E-state index is 13.0. The number of anilines is 1. The van der Waals surface area contributed by atoms with Crippen LogP contribution >= 0.6 is 0 Å². The molecule has 0 aliphatic carbocycles. The summed E-state index contributed by atoms with van der Waals surface area (Å²) in [4.78, 5) is 7.16. The van der Waals surface area contributed by atoms with Gasteiger partial charge in [0.25, 0.3) is 0 Å². The minimum atomic E-state index is -3.52. The molecule has 0 N–H and O–H groups in total. The SMILES string of the molecule is Cc1ccc(S(=O)(=O)c2ccc(N(CCCn3ccnc3)C3CCOCC3)cc2)cc1. The normalized spacial score (nSPS) is 15.1. The van der Waals surface area contributed by atoms with E-state index >= 15 is 0 Å². The van der Waals surface area contributed by atoms with E-state index in [1.54, 1.807) is 30.5 Å². The molecule has 1 aliphatic heterocycles. The van der Waals surface area contributed by atoms with Crippen LogP contribution in [0.15, 0.2) is 77.0 Å². The van der Waals surface area contributed by atoms with Gasteiger partial charge in [0.1, 0.15) is 0 Å². The standard InChI is InChI=1S/C24H29N3O3S/c1-20-3-7-23(8-4-20)31(28,29)24-9-5-21(6-10-24)27(22-11-17-30-18-12-22)15-2-14-26-16-13-25-19-26/h3-10,13,16,19,22H,2,11-12,14-15,17-18H2,1H3. The molecule has 0 saturated carbocycles. The number of aryl methyl sites for hydroxylation is 2. The van der Waals surface area contributed by atoms with E-state index in [0.29, 0.717) is 15.8 Å². The predicted molar refractivity (Wildman–Crippen MR) is 121 cm³/mol. The van der Waals surface area contributed by atoms with Gasteiger partial charge in [-0.05, 0) is 62.6 Å². The van der Waals surface area contributed by atoms with Crippen LogP contribution in [0.3, 0.4) is 0 Å². The number of hydrogen-bond acceptors (Lipinski definition) is 5. The van der Waals surface area contributed by atoms with Crippen molar-refractivity contribution in [3.8, 4) is 0 Å². The van der Waals surface area contributed by atoms with E-state index in [9.17, 15) is 8.42 Å². The number of imidazole rings is 1. The summed E-state index contributed by atoms with van der Waals surface area (Å²) in [6.07, 6.45) is 8.55. The van der Waals surface area contributed by atoms with Crippen LogP contribution in [0.4, 0.5) is 5.69 Å². The molecule has 1 aromatic heterocycles. The highest BCUT2D eigenvalue weighted by Crippen LogP contribution is 2.27. The average molecular weight is 440 g/mol. The minimum Gasteiger partial charge on any atom is -0.381 e. The molecule has 0 unspecified atom stereocenters. The van der Waals surface area contributed by atoms with Gasteiger partial charge in [-0.1, -0.05) is 17.7 Å². The van der Waals surface area contributed by atoms with Crippen LogP contribution in [0.2, 0.25) is 0 Å². The first kappa shape index (κ1) is 21.6. The molecule has 0 atom stereocenters. The lowest BCUT2D eigenvalue weighted by Crippen LogP contribution is -2.40. The smallest absolute Gasteiger partial charge is 0.206 e. The van der Waals surface area contributed by atoms with Gasteiger partial charge in [-0.25, -0.2) is 13.4 Å². The lowest BCUT2D eigenvalue weighted by atomic mass is 10.1. The number of rotatable bonds is 8. The van der Waals surface area contributed by atoms with Crippen molar-refractivity contribution >= 4 is 15.5 Å². The second-order valence-electron chi connectivity index (χ2n) is 8.00. The molecule has 0 amide bonds. The van der Waals surface area contributed by atoms with E-state index in [4.69, 9.17) is 4.74 Å². The molecule has 4 rings (SSSR count). The third kappa shape index (κ3) is 5.17. The Hall–Kier alpha value is -2.64. The number of sulfone groups is 1. The van der Waals surface area contributed by atoms with Crippen LogP contribution in [-0.4, -0.2) is 43.8 Å². The van der Waals surface area contributed by atoms with Gasteiger partial charge in [-0.3, -0.25) is 0 Å². The van der Waals surface area contributed by atoms with Crippen molar-refractivity contribution in [3.05, 3.63) is 72.8 Å². The zero-order valence-electron chi connectivity index (χ0n) is 17.9. The Kier molecular flexibility index (Phi) is 6.73. The lowest BCUT2D eigenvalue weighted by Gasteiger charge is -2.36. The minimum absolute atomic E-state index is 0.324. The molecule has 0 radical (unpaired) electrons. The highest BCUT2D eigenvalue weighted by Gasteiger charge is 2.23. The molecular weight excluding hydrogens is 410 g/mol. The maximum Gasteiger partial charge on any atom is 0.206 e. The van der Waals surface area contributed by atoms with Gasteiger partial charge in [-0.2, -0.15) is 0 Å². The summed E-state index contributed by atoms with van der Waals surface area (Å²) in [7, 11) is -3.52. The summed E-state index contributed by atoms with van der Waals surface area (Å²) in [5, 5.41) is 0. The Morgan fingerprint density at radius 2 is 1.68 bits per heavy atom. The van der Waals surface area contributed by atoms with E-state index < -0.39 is 9.84 Å². The first-order valence-corrected chi connectivity index (χ1v) is 12.2. The molecule has 31 heavy (non-hydrogen) atoms. The van der Waals surface area contributed by atoms with E-state index in [1.165, 1.54) is 0 Å². The number of benzene rings is 2. The predicted octanol–water partition coefficient (Wildman–Crippen LogP) is 4.10. The van der Waals surface area contributed by atoms with Crippen LogP contribution in [0, 0.1) is 6.92 Å². The third-order valence-corrected chi connectivity index (χ3v) is 7.60.